The Kier molecular flexibility index (Phi) is 8.36. The van der Waals surface area contributed by atoms with Gasteiger partial charge in [0.1, 0.15) is 0 Å². The number of guanidine groups is 1. The lowest BCUT2D eigenvalue weighted by atomic mass is 9.95. The lowest BCUT2D eigenvalue weighted by Crippen LogP contribution is -2.47. The Hall–Kier alpha value is -0.950. The molecule has 0 spiro atoms. The van der Waals surface area contributed by atoms with Crippen LogP contribution in [0.1, 0.15) is 55.1 Å². The third kappa shape index (κ3) is 6.06. The first-order valence-corrected chi connectivity index (χ1v) is 11.6. The van der Waals surface area contributed by atoms with Crippen LogP contribution < -0.4 is 10.6 Å². The summed E-state index contributed by atoms with van der Waals surface area (Å²) in [4.78, 5) is 10.4. The number of hydrogen-bond acceptors (Lipinski definition) is 4. The van der Waals surface area contributed by atoms with Gasteiger partial charge in [-0.1, -0.05) is 20.3 Å². The van der Waals surface area contributed by atoms with E-state index in [2.05, 4.69) is 34.5 Å². The molecule has 1 aromatic heterocycles. The highest BCUT2D eigenvalue weighted by atomic mass is 32.2. The minimum atomic E-state index is -0.689. The van der Waals surface area contributed by atoms with Gasteiger partial charge < -0.3 is 10.6 Å². The molecule has 2 rings (SSSR count). The van der Waals surface area contributed by atoms with Crippen molar-refractivity contribution in [2.45, 2.75) is 70.6 Å². The molecule has 3 unspecified atom stereocenters. The maximum atomic E-state index is 12.1. The molecule has 3 atom stereocenters. The van der Waals surface area contributed by atoms with Gasteiger partial charge in [0.2, 0.25) is 0 Å². The molecule has 0 radical (unpaired) electrons. The van der Waals surface area contributed by atoms with Crippen molar-refractivity contribution in [3.63, 3.8) is 0 Å². The molecule has 0 amide bonds. The molecule has 1 saturated carbocycles. The Balaban J connectivity index is 1.79. The van der Waals surface area contributed by atoms with E-state index in [0.29, 0.717) is 11.3 Å². The molecule has 0 saturated heterocycles. The lowest BCUT2D eigenvalue weighted by molar-refractivity contribution is 0.413. The van der Waals surface area contributed by atoms with Crippen molar-refractivity contribution in [3.05, 3.63) is 15.6 Å². The van der Waals surface area contributed by atoms with E-state index in [1.54, 1.807) is 11.3 Å². The molecule has 2 N–H and O–H groups in total. The number of nitrogens with zero attached hydrogens (tertiary/aromatic N) is 2. The average Bonchev–Trinajstić information content (AvgIpc) is 3.00. The summed E-state index contributed by atoms with van der Waals surface area (Å²) in [5, 5.41) is 8.44. The lowest BCUT2D eigenvalue weighted by Gasteiger charge is -2.30. The summed E-state index contributed by atoms with van der Waals surface area (Å²) in [6, 6.07) is 0.370. The number of hydrogen-bond donors (Lipinski definition) is 2. The molecular formula is C18H32N4OS2. The summed E-state index contributed by atoms with van der Waals surface area (Å²) in [6.45, 7) is 7.14. The van der Waals surface area contributed by atoms with Crippen molar-refractivity contribution in [2.24, 2.45) is 4.99 Å². The Bertz CT molecular complexity index is 600. The monoisotopic (exact) mass is 384 g/mol. The smallest absolute Gasteiger partial charge is 0.191 e. The standard InChI is InChI=1S/C18H32N4OS2/c1-5-16-13(3)24-17(22-16)10-11-20-18(19-4)21-14-8-7-9-15(12-14)25(23)6-2/h14-15H,5-12H2,1-4H3,(H2,19,20,21). The molecule has 5 nitrogen and oxygen atoms in total. The van der Waals surface area contributed by atoms with Gasteiger partial charge in [-0.2, -0.15) is 0 Å². The summed E-state index contributed by atoms with van der Waals surface area (Å²) in [5.74, 6) is 1.61. The van der Waals surface area contributed by atoms with Crippen LogP contribution in [0.15, 0.2) is 4.99 Å². The average molecular weight is 385 g/mol. The molecule has 0 aromatic carbocycles. The van der Waals surface area contributed by atoms with E-state index in [-0.39, 0.29) is 0 Å². The first-order chi connectivity index (χ1) is 12.1. The highest BCUT2D eigenvalue weighted by molar-refractivity contribution is 7.85. The molecule has 1 fully saturated rings. The first-order valence-electron chi connectivity index (χ1n) is 9.36. The van der Waals surface area contributed by atoms with E-state index in [0.717, 1.165) is 56.8 Å². The molecule has 0 aliphatic heterocycles. The van der Waals surface area contributed by atoms with E-state index < -0.39 is 10.8 Å². The fourth-order valence-corrected chi connectivity index (χ4v) is 5.72. The SMILES string of the molecule is CCc1nc(CCNC(=NC)NC2CCCC(S(=O)CC)C2)sc1C. The number of rotatable bonds is 7. The van der Waals surface area contributed by atoms with E-state index in [4.69, 9.17) is 0 Å². The number of aromatic nitrogens is 1. The van der Waals surface area contributed by atoms with E-state index in [1.807, 2.05) is 14.0 Å². The predicted octanol–water partition coefficient (Wildman–Crippen LogP) is 2.80. The van der Waals surface area contributed by atoms with Crippen LogP contribution in [-0.2, 0) is 23.6 Å². The summed E-state index contributed by atoms with van der Waals surface area (Å²) in [6.07, 6.45) is 6.26. The van der Waals surface area contributed by atoms with Crippen LogP contribution in [0.25, 0.3) is 0 Å². The van der Waals surface area contributed by atoms with Crippen LogP contribution in [0.2, 0.25) is 0 Å². The van der Waals surface area contributed by atoms with Crippen molar-refractivity contribution in [1.82, 2.24) is 15.6 Å². The maximum absolute atomic E-state index is 12.1. The molecule has 1 aromatic rings. The minimum Gasteiger partial charge on any atom is -0.356 e. The fraction of sp³-hybridized carbons (Fsp3) is 0.778. The summed E-state index contributed by atoms with van der Waals surface area (Å²) >= 11 is 1.79. The second-order valence-electron chi connectivity index (χ2n) is 6.51. The van der Waals surface area contributed by atoms with E-state index in [9.17, 15) is 4.21 Å². The highest BCUT2D eigenvalue weighted by Gasteiger charge is 2.25. The molecule has 1 aliphatic carbocycles. The van der Waals surface area contributed by atoms with Gasteiger partial charge in [-0.3, -0.25) is 9.20 Å². The van der Waals surface area contributed by atoms with Gasteiger partial charge in [-0.05, 0) is 32.6 Å². The molecule has 1 aliphatic rings. The van der Waals surface area contributed by atoms with Crippen molar-refractivity contribution in [1.29, 1.82) is 0 Å². The van der Waals surface area contributed by atoms with Gasteiger partial charge in [0.25, 0.3) is 0 Å². The van der Waals surface area contributed by atoms with Crippen molar-refractivity contribution < 1.29 is 4.21 Å². The normalized spacial score (nSPS) is 22.6. The molecule has 25 heavy (non-hydrogen) atoms. The molecule has 142 valence electrons. The largest absolute Gasteiger partial charge is 0.356 e. The van der Waals surface area contributed by atoms with Crippen LogP contribution in [0.5, 0.6) is 0 Å². The molecular weight excluding hydrogens is 352 g/mol. The van der Waals surface area contributed by atoms with Gasteiger partial charge >= 0.3 is 0 Å². The van der Waals surface area contributed by atoms with Gasteiger partial charge in [0.05, 0.1) is 10.7 Å². The van der Waals surface area contributed by atoms with Crippen molar-refractivity contribution in [3.8, 4) is 0 Å². The van der Waals surface area contributed by atoms with E-state index >= 15 is 0 Å². The Labute approximate surface area is 158 Å². The highest BCUT2D eigenvalue weighted by Crippen LogP contribution is 2.23. The van der Waals surface area contributed by atoms with Crippen molar-refractivity contribution in [2.75, 3.05) is 19.3 Å². The third-order valence-electron chi connectivity index (χ3n) is 4.75. The Morgan fingerprint density at radius 1 is 1.40 bits per heavy atom. The zero-order valence-corrected chi connectivity index (χ0v) is 17.6. The van der Waals surface area contributed by atoms with Gasteiger partial charge in [-0.25, -0.2) is 4.98 Å². The van der Waals surface area contributed by atoms with Crippen LogP contribution in [0, 0.1) is 6.92 Å². The summed E-state index contributed by atoms with van der Waals surface area (Å²) < 4.78 is 12.1. The van der Waals surface area contributed by atoms with Crippen LogP contribution in [-0.4, -0.2) is 45.8 Å². The zero-order valence-electron chi connectivity index (χ0n) is 15.9. The zero-order chi connectivity index (χ0) is 18.2. The fourth-order valence-electron chi connectivity index (χ4n) is 3.35. The van der Waals surface area contributed by atoms with Crippen LogP contribution in [0.3, 0.4) is 0 Å². The second kappa shape index (κ2) is 10.3. The maximum Gasteiger partial charge on any atom is 0.191 e. The summed E-state index contributed by atoms with van der Waals surface area (Å²) in [7, 11) is 1.12. The Morgan fingerprint density at radius 2 is 2.20 bits per heavy atom. The second-order valence-corrected chi connectivity index (χ2v) is 9.81. The first kappa shape index (κ1) is 20.4. The van der Waals surface area contributed by atoms with Gasteiger partial charge in [0, 0.05) is 52.7 Å². The molecule has 1 heterocycles. The third-order valence-corrected chi connectivity index (χ3v) is 7.56. The minimum absolute atomic E-state index is 0.333. The topological polar surface area (TPSA) is 66.4 Å². The number of thiazole rings is 1. The predicted molar refractivity (Wildman–Crippen MR) is 109 cm³/mol. The van der Waals surface area contributed by atoms with Gasteiger partial charge in [-0.15, -0.1) is 11.3 Å². The van der Waals surface area contributed by atoms with Crippen molar-refractivity contribution >= 4 is 28.1 Å². The number of aryl methyl sites for hydroxylation is 2. The number of aliphatic imine (C=N–C) groups is 1. The molecule has 0 bridgehead atoms. The van der Waals surface area contributed by atoms with E-state index in [1.165, 1.54) is 15.6 Å². The summed E-state index contributed by atoms with van der Waals surface area (Å²) in [5.41, 5.74) is 1.22. The Morgan fingerprint density at radius 3 is 2.84 bits per heavy atom. The van der Waals surface area contributed by atoms with Gasteiger partial charge in [0.15, 0.2) is 5.96 Å². The number of nitrogens with one attached hydrogen (secondary N) is 2. The van der Waals surface area contributed by atoms with Crippen LogP contribution >= 0.6 is 11.3 Å². The quantitative estimate of drug-likeness (QED) is 0.560. The molecule has 7 heteroatoms. The van der Waals surface area contributed by atoms with Crippen LogP contribution in [0.4, 0.5) is 0 Å².